The van der Waals surface area contributed by atoms with Crippen LogP contribution in [-0.2, 0) is 0 Å². The molecule has 0 bridgehead atoms. The number of anilines is 1. The van der Waals surface area contributed by atoms with Gasteiger partial charge in [0.2, 0.25) is 0 Å². The number of nitrogens with zero attached hydrogens (tertiary/aromatic N) is 3. The van der Waals surface area contributed by atoms with Crippen molar-refractivity contribution in [3.05, 3.63) is 82.4 Å². The van der Waals surface area contributed by atoms with Crippen molar-refractivity contribution >= 4 is 23.0 Å². The molecule has 1 aromatic carbocycles. The summed E-state index contributed by atoms with van der Waals surface area (Å²) in [5, 5.41) is 4.39. The van der Waals surface area contributed by atoms with Crippen LogP contribution in [0.3, 0.4) is 0 Å². The molecule has 1 saturated carbocycles. The van der Waals surface area contributed by atoms with Gasteiger partial charge in [-0.15, -0.1) is 0 Å². The molecule has 1 N–H and O–H groups in total. The Kier molecular flexibility index (Phi) is 6.00. The molecule has 0 radical (unpaired) electrons. The van der Waals surface area contributed by atoms with Crippen molar-refractivity contribution in [2.24, 2.45) is 0 Å². The molecule has 2 unspecified atom stereocenters. The summed E-state index contributed by atoms with van der Waals surface area (Å²) >= 11 is 5.95. The van der Waals surface area contributed by atoms with Crippen molar-refractivity contribution in [1.82, 2.24) is 14.9 Å². The molecule has 0 spiro atoms. The Morgan fingerprint density at radius 3 is 2.33 bits per heavy atom. The zero-order valence-electron chi connectivity index (χ0n) is 20.1. The van der Waals surface area contributed by atoms with Gasteiger partial charge >= 0.3 is 0 Å². The molecular formula is C28H34N4S. The smallest absolute Gasteiger partial charge is 0.174 e. The third-order valence-corrected chi connectivity index (χ3v) is 7.68. The molecule has 2 aliphatic rings. The summed E-state index contributed by atoms with van der Waals surface area (Å²) in [6.07, 6.45) is 8.46. The van der Waals surface area contributed by atoms with Crippen LogP contribution < -0.4 is 10.2 Å². The van der Waals surface area contributed by atoms with Crippen LogP contribution in [0.2, 0.25) is 0 Å². The van der Waals surface area contributed by atoms with E-state index in [1.54, 1.807) is 0 Å². The highest BCUT2D eigenvalue weighted by Gasteiger charge is 2.42. The van der Waals surface area contributed by atoms with Crippen molar-refractivity contribution in [1.29, 1.82) is 0 Å². The summed E-state index contributed by atoms with van der Waals surface area (Å²) in [5.74, 6) is 0. The first kappa shape index (κ1) is 22.1. The van der Waals surface area contributed by atoms with E-state index >= 15 is 0 Å². The van der Waals surface area contributed by atoms with E-state index < -0.39 is 0 Å². The lowest BCUT2D eigenvalue weighted by molar-refractivity contribution is 0.345. The molecule has 4 nitrogen and oxygen atoms in total. The highest BCUT2D eigenvalue weighted by atomic mass is 32.1. The second kappa shape index (κ2) is 8.94. The van der Waals surface area contributed by atoms with E-state index in [1.807, 2.05) is 12.3 Å². The van der Waals surface area contributed by atoms with Crippen molar-refractivity contribution in [3.8, 4) is 0 Å². The van der Waals surface area contributed by atoms with E-state index in [2.05, 4.69) is 78.9 Å². The molecule has 1 aliphatic heterocycles. The third kappa shape index (κ3) is 4.08. The number of thiocarbonyl (C=S) groups is 1. The zero-order chi connectivity index (χ0) is 23.1. The lowest BCUT2D eigenvalue weighted by Crippen LogP contribution is -2.29. The summed E-state index contributed by atoms with van der Waals surface area (Å²) in [5.41, 5.74) is 8.75. The number of aryl methyl sites for hydroxylation is 3. The molecule has 2 aromatic heterocycles. The molecule has 1 saturated heterocycles. The molecule has 0 amide bonds. The largest absolute Gasteiger partial charge is 0.351 e. The molecule has 3 heterocycles. The van der Waals surface area contributed by atoms with E-state index in [9.17, 15) is 0 Å². The maximum Gasteiger partial charge on any atom is 0.174 e. The van der Waals surface area contributed by atoms with Gasteiger partial charge in [0, 0.05) is 29.3 Å². The third-order valence-electron chi connectivity index (χ3n) is 7.36. The highest BCUT2D eigenvalue weighted by Crippen LogP contribution is 2.44. The second-order valence-electron chi connectivity index (χ2n) is 9.83. The van der Waals surface area contributed by atoms with Gasteiger partial charge < -0.3 is 14.8 Å². The van der Waals surface area contributed by atoms with Crippen LogP contribution >= 0.6 is 12.2 Å². The van der Waals surface area contributed by atoms with Gasteiger partial charge in [-0.1, -0.05) is 31.4 Å². The standard InChI is InChI=1S/C28H34N4S/c1-18-14-19(2)16-23(15-18)32-27(26(30-28(32)33)25-12-8-9-13-29-25)24-17-20(3)31(21(24)4)22-10-6-5-7-11-22/h8-9,12-17,22,26-27H,5-7,10-11H2,1-4H3,(H,30,33). The molecule has 172 valence electrons. The van der Waals surface area contributed by atoms with Gasteiger partial charge in [0.05, 0.1) is 17.8 Å². The molecule has 2 fully saturated rings. The lowest BCUT2D eigenvalue weighted by atomic mass is 9.94. The number of nitrogens with one attached hydrogen (secondary N) is 1. The number of rotatable bonds is 4. The summed E-state index contributed by atoms with van der Waals surface area (Å²) in [4.78, 5) is 7.05. The monoisotopic (exact) mass is 458 g/mol. The number of hydrogen-bond acceptors (Lipinski definition) is 2. The van der Waals surface area contributed by atoms with Crippen LogP contribution in [0.4, 0.5) is 5.69 Å². The van der Waals surface area contributed by atoms with Gasteiger partial charge in [0.25, 0.3) is 0 Å². The van der Waals surface area contributed by atoms with Gasteiger partial charge in [-0.25, -0.2) is 0 Å². The van der Waals surface area contributed by atoms with E-state index in [1.165, 1.54) is 60.2 Å². The molecule has 2 atom stereocenters. The number of pyridine rings is 1. The number of benzene rings is 1. The Balaban J connectivity index is 1.65. The molecule has 33 heavy (non-hydrogen) atoms. The molecular weight excluding hydrogens is 424 g/mol. The summed E-state index contributed by atoms with van der Waals surface area (Å²) < 4.78 is 2.60. The highest BCUT2D eigenvalue weighted by molar-refractivity contribution is 7.80. The normalized spacial score (nSPS) is 21.5. The first-order chi connectivity index (χ1) is 15.9. The maximum absolute atomic E-state index is 5.95. The Labute approximate surface area is 203 Å². The molecule has 3 aromatic rings. The van der Waals surface area contributed by atoms with Gasteiger partial charge in [-0.05, 0) is 99.8 Å². The van der Waals surface area contributed by atoms with Crippen molar-refractivity contribution in [2.45, 2.75) is 77.9 Å². The average Bonchev–Trinajstić information content (AvgIpc) is 3.29. The quantitative estimate of drug-likeness (QED) is 0.436. The van der Waals surface area contributed by atoms with Crippen LogP contribution in [0.15, 0.2) is 48.7 Å². The lowest BCUT2D eigenvalue weighted by Gasteiger charge is -2.30. The van der Waals surface area contributed by atoms with Crippen molar-refractivity contribution in [2.75, 3.05) is 4.90 Å². The zero-order valence-corrected chi connectivity index (χ0v) is 21.0. The fraction of sp³-hybridized carbons (Fsp3) is 0.429. The number of hydrogen-bond donors (Lipinski definition) is 1. The van der Waals surface area contributed by atoms with Crippen LogP contribution in [0.1, 0.15) is 84.0 Å². The predicted molar refractivity (Wildman–Crippen MR) is 140 cm³/mol. The molecule has 5 heteroatoms. The Morgan fingerprint density at radius 2 is 1.67 bits per heavy atom. The SMILES string of the molecule is Cc1cc(C)cc(N2C(=S)NC(c3ccccn3)C2c2cc(C)n(C3CCCCC3)c2C)c1. The summed E-state index contributed by atoms with van der Waals surface area (Å²) in [7, 11) is 0. The first-order valence-electron chi connectivity index (χ1n) is 12.2. The van der Waals surface area contributed by atoms with Gasteiger partial charge in [-0.3, -0.25) is 4.98 Å². The fourth-order valence-corrected chi connectivity index (χ4v) is 6.39. The minimum absolute atomic E-state index is 0.000163. The maximum atomic E-state index is 5.95. The first-order valence-corrected chi connectivity index (χ1v) is 12.6. The van der Waals surface area contributed by atoms with Gasteiger partial charge in [0.1, 0.15) is 0 Å². The average molecular weight is 459 g/mol. The van der Waals surface area contributed by atoms with Gasteiger partial charge in [0.15, 0.2) is 5.11 Å². The van der Waals surface area contributed by atoms with Crippen LogP contribution in [-0.4, -0.2) is 14.7 Å². The summed E-state index contributed by atoms with van der Waals surface area (Å²) in [6, 6.07) is 15.9. The molecule has 5 rings (SSSR count). The minimum Gasteiger partial charge on any atom is -0.351 e. The van der Waals surface area contributed by atoms with Crippen molar-refractivity contribution in [3.63, 3.8) is 0 Å². The van der Waals surface area contributed by atoms with Crippen LogP contribution in [0.5, 0.6) is 0 Å². The summed E-state index contributed by atoms with van der Waals surface area (Å²) in [6.45, 7) is 8.88. The van der Waals surface area contributed by atoms with E-state index in [4.69, 9.17) is 17.2 Å². The van der Waals surface area contributed by atoms with E-state index in [-0.39, 0.29) is 12.1 Å². The number of aromatic nitrogens is 2. The Morgan fingerprint density at radius 1 is 0.939 bits per heavy atom. The molecule has 1 aliphatic carbocycles. The van der Waals surface area contributed by atoms with E-state index in [0.717, 1.165) is 16.5 Å². The Hall–Kier alpha value is -2.66. The Bertz CT molecular complexity index is 1140. The van der Waals surface area contributed by atoms with Crippen LogP contribution in [0, 0.1) is 27.7 Å². The predicted octanol–water partition coefficient (Wildman–Crippen LogP) is 6.80. The minimum atomic E-state index is -0.000163. The van der Waals surface area contributed by atoms with E-state index in [0.29, 0.717) is 6.04 Å². The second-order valence-corrected chi connectivity index (χ2v) is 10.2. The van der Waals surface area contributed by atoms with Crippen molar-refractivity contribution < 1.29 is 0 Å². The van der Waals surface area contributed by atoms with Crippen LogP contribution in [0.25, 0.3) is 0 Å². The topological polar surface area (TPSA) is 33.1 Å². The fourth-order valence-electron chi connectivity index (χ4n) is 6.04. The van der Waals surface area contributed by atoms with Gasteiger partial charge in [-0.2, -0.15) is 0 Å².